The van der Waals surface area contributed by atoms with Gasteiger partial charge in [-0.15, -0.1) is 0 Å². The first-order valence-electron chi connectivity index (χ1n) is 9.81. The van der Waals surface area contributed by atoms with Crippen LogP contribution in [0.2, 0.25) is 0 Å². The molecule has 1 saturated carbocycles. The smallest absolute Gasteiger partial charge is 0.222 e. The highest BCUT2D eigenvalue weighted by Gasteiger charge is 2.50. The first kappa shape index (κ1) is 17.1. The fourth-order valence-corrected chi connectivity index (χ4v) is 4.69. The third kappa shape index (κ3) is 3.93. The highest BCUT2D eigenvalue weighted by Crippen LogP contribution is 2.44. The first-order chi connectivity index (χ1) is 12.1. The molecule has 2 atom stereocenters. The molecule has 1 aromatic heterocycles. The van der Waals surface area contributed by atoms with Crippen LogP contribution < -0.4 is 0 Å². The van der Waals surface area contributed by atoms with Crippen LogP contribution in [0.4, 0.5) is 0 Å². The fourth-order valence-electron chi connectivity index (χ4n) is 4.69. The first-order valence-corrected chi connectivity index (χ1v) is 9.81. The van der Waals surface area contributed by atoms with Gasteiger partial charge in [-0.3, -0.25) is 4.79 Å². The molecule has 1 N–H and O–H groups in total. The van der Waals surface area contributed by atoms with E-state index in [9.17, 15) is 4.79 Å². The summed E-state index contributed by atoms with van der Waals surface area (Å²) >= 11 is 0. The Labute approximate surface area is 150 Å². The molecule has 0 aromatic carbocycles. The molecule has 1 spiro atoms. The lowest BCUT2D eigenvalue weighted by Crippen LogP contribution is -2.38. The van der Waals surface area contributed by atoms with E-state index >= 15 is 0 Å². The van der Waals surface area contributed by atoms with Gasteiger partial charge in [0.15, 0.2) is 0 Å². The van der Waals surface area contributed by atoms with E-state index in [1.165, 1.54) is 12.8 Å². The summed E-state index contributed by atoms with van der Waals surface area (Å²) in [5, 5.41) is 0. The molecule has 1 aromatic rings. The third-order valence-electron chi connectivity index (χ3n) is 6.36. The van der Waals surface area contributed by atoms with Crippen LogP contribution in [0.15, 0.2) is 18.3 Å². The molecule has 3 fully saturated rings. The maximum Gasteiger partial charge on any atom is 0.222 e. The fraction of sp³-hybridized carbons (Fsp3) is 0.750. The minimum absolute atomic E-state index is 0.250. The lowest BCUT2D eigenvalue weighted by molar-refractivity contribution is -0.130. The molecule has 138 valence electrons. The average Bonchev–Trinajstić information content (AvgIpc) is 3.00. The monoisotopic (exact) mass is 345 g/mol. The second-order valence-corrected chi connectivity index (χ2v) is 8.50. The summed E-state index contributed by atoms with van der Waals surface area (Å²) < 4.78 is 6.03. The predicted molar refractivity (Wildman–Crippen MR) is 97.3 cm³/mol. The molecule has 25 heavy (non-hydrogen) atoms. The van der Waals surface area contributed by atoms with Crippen molar-refractivity contribution in [1.29, 1.82) is 0 Å². The molecule has 2 saturated heterocycles. The molecule has 0 bridgehead atoms. The summed E-state index contributed by atoms with van der Waals surface area (Å²) in [5.74, 6) is 1.70. The van der Waals surface area contributed by atoms with Crippen LogP contribution in [0.1, 0.15) is 31.4 Å². The Morgan fingerprint density at radius 1 is 1.36 bits per heavy atom. The maximum atomic E-state index is 12.6. The van der Waals surface area contributed by atoms with E-state index in [1.54, 1.807) is 0 Å². The van der Waals surface area contributed by atoms with Gasteiger partial charge >= 0.3 is 0 Å². The van der Waals surface area contributed by atoms with Gasteiger partial charge in [-0.05, 0) is 50.8 Å². The van der Waals surface area contributed by atoms with E-state index < -0.39 is 0 Å². The van der Waals surface area contributed by atoms with Crippen molar-refractivity contribution < 1.29 is 9.53 Å². The summed E-state index contributed by atoms with van der Waals surface area (Å²) in [6, 6.07) is 4.04. The zero-order chi connectivity index (χ0) is 17.3. The van der Waals surface area contributed by atoms with Gasteiger partial charge in [-0.1, -0.05) is 0 Å². The minimum atomic E-state index is 0.250. The number of nitrogens with zero attached hydrogens (tertiary/aromatic N) is 2. The zero-order valence-electron chi connectivity index (χ0n) is 15.4. The number of amides is 1. The van der Waals surface area contributed by atoms with Crippen LogP contribution in [0.3, 0.4) is 0 Å². The molecule has 2 aliphatic heterocycles. The standard InChI is InChI=1S/C20H31N3O2/c1-22-11-17(13-25-12-16-4-5-16)20(14-22)8-10-23(15-20)19(24)7-6-18-3-2-9-21-18/h2-3,9,16-17,21H,4-8,10-15H2,1H3/t17-,20+/m0/s1. The Balaban J connectivity index is 1.31. The van der Waals surface area contributed by atoms with Gasteiger partial charge in [0.25, 0.3) is 0 Å². The summed E-state index contributed by atoms with van der Waals surface area (Å²) in [7, 11) is 2.21. The molecule has 5 nitrogen and oxygen atoms in total. The maximum absolute atomic E-state index is 12.6. The van der Waals surface area contributed by atoms with E-state index in [2.05, 4.69) is 27.9 Å². The highest BCUT2D eigenvalue weighted by atomic mass is 16.5. The van der Waals surface area contributed by atoms with Gasteiger partial charge in [-0.2, -0.15) is 0 Å². The molecule has 4 rings (SSSR count). The van der Waals surface area contributed by atoms with Crippen molar-refractivity contribution in [2.24, 2.45) is 17.3 Å². The second kappa shape index (κ2) is 7.12. The molecule has 0 unspecified atom stereocenters. The summed E-state index contributed by atoms with van der Waals surface area (Å²) in [6.45, 7) is 5.84. The van der Waals surface area contributed by atoms with Crippen molar-refractivity contribution in [3.63, 3.8) is 0 Å². The summed E-state index contributed by atoms with van der Waals surface area (Å²) in [5.41, 5.74) is 1.40. The largest absolute Gasteiger partial charge is 0.381 e. The second-order valence-electron chi connectivity index (χ2n) is 8.50. The lowest BCUT2D eigenvalue weighted by atomic mass is 9.77. The number of ether oxygens (including phenoxy) is 1. The zero-order valence-corrected chi connectivity index (χ0v) is 15.4. The molecular weight excluding hydrogens is 314 g/mol. The molecular formula is C20H31N3O2. The normalized spacial score (nSPS) is 29.8. The van der Waals surface area contributed by atoms with Crippen LogP contribution in [-0.2, 0) is 16.0 Å². The molecule has 1 aliphatic carbocycles. The third-order valence-corrected chi connectivity index (χ3v) is 6.36. The van der Waals surface area contributed by atoms with Gasteiger partial charge in [0.1, 0.15) is 0 Å². The van der Waals surface area contributed by atoms with E-state index in [0.29, 0.717) is 18.2 Å². The predicted octanol–water partition coefficient (Wildman–Crippen LogP) is 2.15. The number of likely N-dealkylation sites (tertiary alicyclic amines) is 2. The quantitative estimate of drug-likeness (QED) is 0.824. The Kier molecular flexibility index (Phi) is 4.87. The van der Waals surface area contributed by atoms with Crippen LogP contribution in [0.25, 0.3) is 0 Å². The number of carbonyl (C=O) groups is 1. The number of H-pyrrole nitrogens is 1. The lowest BCUT2D eigenvalue weighted by Gasteiger charge is -2.30. The van der Waals surface area contributed by atoms with Crippen molar-refractivity contribution in [3.8, 4) is 0 Å². The van der Waals surface area contributed by atoms with Gasteiger partial charge in [0, 0.05) is 62.4 Å². The van der Waals surface area contributed by atoms with Crippen LogP contribution >= 0.6 is 0 Å². The summed E-state index contributed by atoms with van der Waals surface area (Å²) in [6.07, 6.45) is 7.16. The van der Waals surface area contributed by atoms with Gasteiger partial charge in [0.05, 0.1) is 6.61 Å². The number of aromatic amines is 1. The molecule has 1 amide bonds. The number of aromatic nitrogens is 1. The van der Waals surface area contributed by atoms with Crippen molar-refractivity contribution in [2.75, 3.05) is 46.4 Å². The topological polar surface area (TPSA) is 48.6 Å². The van der Waals surface area contributed by atoms with Crippen molar-refractivity contribution in [1.82, 2.24) is 14.8 Å². The molecule has 3 heterocycles. The number of hydrogen-bond acceptors (Lipinski definition) is 3. The number of carbonyl (C=O) groups excluding carboxylic acids is 1. The highest BCUT2D eigenvalue weighted by molar-refractivity contribution is 5.76. The molecule has 5 heteroatoms. The number of hydrogen-bond donors (Lipinski definition) is 1. The van der Waals surface area contributed by atoms with E-state index in [4.69, 9.17) is 4.74 Å². The Bertz CT molecular complexity index is 584. The number of rotatable bonds is 7. The minimum Gasteiger partial charge on any atom is -0.381 e. The van der Waals surface area contributed by atoms with Crippen molar-refractivity contribution in [2.45, 2.75) is 32.1 Å². The Morgan fingerprint density at radius 3 is 3.00 bits per heavy atom. The Hall–Kier alpha value is -1.33. The van der Waals surface area contributed by atoms with Crippen molar-refractivity contribution >= 4 is 5.91 Å². The molecule has 0 radical (unpaired) electrons. The van der Waals surface area contributed by atoms with Crippen molar-refractivity contribution in [3.05, 3.63) is 24.0 Å². The van der Waals surface area contributed by atoms with Gasteiger partial charge in [-0.25, -0.2) is 0 Å². The van der Waals surface area contributed by atoms with Crippen LogP contribution in [0.5, 0.6) is 0 Å². The van der Waals surface area contributed by atoms with Crippen LogP contribution in [0, 0.1) is 17.3 Å². The average molecular weight is 345 g/mol. The van der Waals surface area contributed by atoms with E-state index in [1.807, 2.05) is 12.3 Å². The van der Waals surface area contributed by atoms with E-state index in [-0.39, 0.29) is 5.41 Å². The number of aryl methyl sites for hydroxylation is 1. The number of nitrogens with one attached hydrogen (secondary N) is 1. The van der Waals surface area contributed by atoms with Gasteiger partial charge in [0.2, 0.25) is 5.91 Å². The van der Waals surface area contributed by atoms with E-state index in [0.717, 1.165) is 63.8 Å². The van der Waals surface area contributed by atoms with Gasteiger partial charge < -0.3 is 19.5 Å². The Morgan fingerprint density at radius 2 is 2.24 bits per heavy atom. The SMILES string of the molecule is CN1C[C@@H](COCC2CC2)[C@]2(CCN(C(=O)CCc3ccc[nH]3)C2)C1. The molecule has 3 aliphatic rings. The summed E-state index contributed by atoms with van der Waals surface area (Å²) in [4.78, 5) is 20.4. The van der Waals surface area contributed by atoms with Crippen LogP contribution in [-0.4, -0.2) is 67.1 Å².